The minimum absolute atomic E-state index is 0.190. The Kier molecular flexibility index (Phi) is 4.59. The van der Waals surface area contributed by atoms with Crippen LogP contribution in [0.25, 0.3) is 10.9 Å². The van der Waals surface area contributed by atoms with Gasteiger partial charge in [0.05, 0.1) is 29.7 Å². The summed E-state index contributed by atoms with van der Waals surface area (Å²) in [6, 6.07) is 10.4. The van der Waals surface area contributed by atoms with Gasteiger partial charge in [0.25, 0.3) is 5.91 Å². The van der Waals surface area contributed by atoms with Gasteiger partial charge in [0.2, 0.25) is 0 Å². The number of hydrogen-bond donors (Lipinski definition) is 1. The van der Waals surface area contributed by atoms with E-state index in [1.165, 1.54) is 30.5 Å². The monoisotopic (exact) mass is 378 g/mol. The largest absolute Gasteiger partial charge is 0.456 e. The number of benzene rings is 1. The molecule has 1 amide bonds. The zero-order valence-corrected chi connectivity index (χ0v) is 14.3. The van der Waals surface area contributed by atoms with Crippen LogP contribution in [-0.2, 0) is 0 Å². The van der Waals surface area contributed by atoms with Crippen molar-refractivity contribution in [2.24, 2.45) is 0 Å². The summed E-state index contributed by atoms with van der Waals surface area (Å²) in [4.78, 5) is 24.6. The van der Waals surface area contributed by atoms with Gasteiger partial charge in [0.15, 0.2) is 0 Å². The molecule has 8 heteroatoms. The third kappa shape index (κ3) is 3.75. The number of nitrogens with one attached hydrogen (secondary N) is 1. The average Bonchev–Trinajstić information content (AvgIpc) is 2.69. The van der Waals surface area contributed by atoms with Crippen LogP contribution in [-0.4, -0.2) is 20.9 Å². The highest BCUT2D eigenvalue weighted by molar-refractivity contribution is 6.12. The molecule has 0 unspecified atom stereocenters. The lowest BCUT2D eigenvalue weighted by molar-refractivity contribution is 0.102. The van der Waals surface area contributed by atoms with Crippen molar-refractivity contribution < 1.29 is 18.3 Å². The first kappa shape index (κ1) is 17.5. The summed E-state index contributed by atoms with van der Waals surface area (Å²) in [6.45, 7) is 0. The molecule has 6 nitrogen and oxygen atoms in total. The molecule has 0 saturated carbocycles. The fourth-order valence-electron chi connectivity index (χ4n) is 2.61. The molecule has 28 heavy (non-hydrogen) atoms. The molecule has 138 valence electrons. The molecule has 0 spiro atoms. The molecular weight excluding hydrogens is 366 g/mol. The first-order valence-corrected chi connectivity index (χ1v) is 8.18. The van der Waals surface area contributed by atoms with E-state index in [2.05, 4.69) is 20.3 Å². The number of nitrogens with zero attached hydrogens (tertiary/aromatic N) is 3. The van der Waals surface area contributed by atoms with Crippen LogP contribution in [0.5, 0.6) is 11.5 Å². The van der Waals surface area contributed by atoms with E-state index in [0.717, 1.165) is 12.4 Å². The third-order valence-corrected chi connectivity index (χ3v) is 3.81. The van der Waals surface area contributed by atoms with Crippen molar-refractivity contribution in [3.8, 4) is 11.5 Å². The zero-order valence-electron chi connectivity index (χ0n) is 14.3. The Morgan fingerprint density at radius 1 is 0.929 bits per heavy atom. The summed E-state index contributed by atoms with van der Waals surface area (Å²) in [5.74, 6) is -0.855. The van der Waals surface area contributed by atoms with E-state index in [0.29, 0.717) is 16.7 Å². The summed E-state index contributed by atoms with van der Waals surface area (Å²) in [5.41, 5.74) is 0.676. The summed E-state index contributed by atoms with van der Waals surface area (Å²) in [7, 11) is 0. The summed E-state index contributed by atoms with van der Waals surface area (Å²) in [6.07, 6.45) is 4.99. The molecule has 1 aromatic carbocycles. The highest BCUT2D eigenvalue weighted by Gasteiger charge is 2.15. The van der Waals surface area contributed by atoms with E-state index in [-0.39, 0.29) is 17.1 Å². The average molecular weight is 378 g/mol. The number of amides is 1. The van der Waals surface area contributed by atoms with Gasteiger partial charge in [-0.15, -0.1) is 0 Å². The number of carbonyl (C=O) groups is 1. The van der Waals surface area contributed by atoms with E-state index in [4.69, 9.17) is 4.74 Å². The van der Waals surface area contributed by atoms with Gasteiger partial charge in [-0.3, -0.25) is 14.8 Å². The van der Waals surface area contributed by atoms with Crippen LogP contribution in [0.15, 0.2) is 67.3 Å². The van der Waals surface area contributed by atoms with Gasteiger partial charge < -0.3 is 10.1 Å². The second-order valence-electron chi connectivity index (χ2n) is 5.80. The standard InChI is InChI=1S/C20H12F2N4O2/c21-13-3-4-18(25-10-13)26-20(27)17-8-15(6-12-2-1-5-24-19(12)17)28-16-7-14(22)9-23-11-16/h1-11H,(H,25,26,27). The Hall–Kier alpha value is -3.94. The quantitative estimate of drug-likeness (QED) is 0.571. The van der Waals surface area contributed by atoms with Crippen LogP contribution in [0.2, 0.25) is 0 Å². The Labute approximate surface area is 157 Å². The Balaban J connectivity index is 1.71. The van der Waals surface area contributed by atoms with Crippen molar-refractivity contribution in [2.45, 2.75) is 0 Å². The van der Waals surface area contributed by atoms with Crippen LogP contribution >= 0.6 is 0 Å². The van der Waals surface area contributed by atoms with Gasteiger partial charge in [-0.25, -0.2) is 13.8 Å². The normalized spacial score (nSPS) is 10.6. The van der Waals surface area contributed by atoms with Crippen LogP contribution in [0.4, 0.5) is 14.6 Å². The van der Waals surface area contributed by atoms with E-state index < -0.39 is 17.5 Å². The van der Waals surface area contributed by atoms with Gasteiger partial charge in [-0.05, 0) is 30.3 Å². The number of anilines is 1. The molecule has 4 rings (SSSR count). The minimum Gasteiger partial charge on any atom is -0.456 e. The van der Waals surface area contributed by atoms with E-state index >= 15 is 0 Å². The predicted molar refractivity (Wildman–Crippen MR) is 98.2 cm³/mol. The third-order valence-electron chi connectivity index (χ3n) is 3.81. The van der Waals surface area contributed by atoms with Gasteiger partial charge >= 0.3 is 0 Å². The fourth-order valence-corrected chi connectivity index (χ4v) is 2.61. The Bertz CT molecular complexity index is 1170. The minimum atomic E-state index is -0.541. The number of aromatic nitrogens is 3. The molecule has 3 heterocycles. The summed E-state index contributed by atoms with van der Waals surface area (Å²) >= 11 is 0. The van der Waals surface area contributed by atoms with E-state index in [1.807, 2.05) is 0 Å². The van der Waals surface area contributed by atoms with E-state index in [9.17, 15) is 13.6 Å². The molecule has 4 aromatic rings. The van der Waals surface area contributed by atoms with Crippen molar-refractivity contribution in [2.75, 3.05) is 5.32 Å². The number of hydrogen-bond acceptors (Lipinski definition) is 5. The number of halogens is 2. The Morgan fingerprint density at radius 2 is 1.82 bits per heavy atom. The molecule has 0 aliphatic carbocycles. The molecule has 0 aliphatic heterocycles. The number of carbonyl (C=O) groups excluding carboxylic acids is 1. The van der Waals surface area contributed by atoms with Crippen LogP contribution in [0.3, 0.4) is 0 Å². The molecule has 0 bridgehead atoms. The number of pyridine rings is 3. The van der Waals surface area contributed by atoms with Gasteiger partial charge in [-0.1, -0.05) is 6.07 Å². The van der Waals surface area contributed by atoms with Gasteiger partial charge in [0.1, 0.15) is 29.0 Å². The maximum absolute atomic E-state index is 13.4. The zero-order chi connectivity index (χ0) is 19.5. The van der Waals surface area contributed by atoms with Crippen molar-refractivity contribution in [1.29, 1.82) is 0 Å². The summed E-state index contributed by atoms with van der Waals surface area (Å²) in [5, 5.41) is 3.25. The Morgan fingerprint density at radius 3 is 2.61 bits per heavy atom. The van der Waals surface area contributed by atoms with Crippen LogP contribution < -0.4 is 10.1 Å². The summed E-state index contributed by atoms with van der Waals surface area (Å²) < 4.78 is 32.0. The molecule has 0 saturated heterocycles. The first-order valence-electron chi connectivity index (χ1n) is 8.18. The van der Waals surface area contributed by atoms with Crippen LogP contribution in [0, 0.1) is 11.6 Å². The first-order chi connectivity index (χ1) is 13.6. The maximum atomic E-state index is 13.4. The molecule has 1 N–H and O–H groups in total. The molecule has 0 atom stereocenters. The van der Waals surface area contributed by atoms with E-state index in [1.54, 1.807) is 24.4 Å². The molecular formula is C20H12F2N4O2. The number of rotatable bonds is 4. The highest BCUT2D eigenvalue weighted by Crippen LogP contribution is 2.28. The van der Waals surface area contributed by atoms with Gasteiger partial charge in [0, 0.05) is 17.6 Å². The maximum Gasteiger partial charge on any atom is 0.259 e. The van der Waals surface area contributed by atoms with Crippen molar-refractivity contribution in [3.63, 3.8) is 0 Å². The van der Waals surface area contributed by atoms with Gasteiger partial charge in [-0.2, -0.15) is 0 Å². The molecule has 0 aliphatic rings. The van der Waals surface area contributed by atoms with Crippen molar-refractivity contribution in [1.82, 2.24) is 15.0 Å². The lowest BCUT2D eigenvalue weighted by Gasteiger charge is -2.11. The number of fused-ring (bicyclic) bond motifs is 1. The highest BCUT2D eigenvalue weighted by atomic mass is 19.1. The SMILES string of the molecule is O=C(Nc1ccc(F)cn1)c1cc(Oc2cncc(F)c2)cc2cccnc12. The smallest absolute Gasteiger partial charge is 0.259 e. The lowest BCUT2D eigenvalue weighted by Crippen LogP contribution is -2.14. The molecule has 0 fully saturated rings. The molecule has 3 aromatic heterocycles. The topological polar surface area (TPSA) is 77.0 Å². The number of ether oxygens (including phenoxy) is 1. The fraction of sp³-hybridized carbons (Fsp3) is 0. The molecule has 0 radical (unpaired) electrons. The predicted octanol–water partition coefficient (Wildman–Crippen LogP) is 4.35. The lowest BCUT2D eigenvalue weighted by atomic mass is 10.1. The van der Waals surface area contributed by atoms with Crippen molar-refractivity contribution in [3.05, 3.63) is 84.4 Å². The second kappa shape index (κ2) is 7.36. The van der Waals surface area contributed by atoms with Crippen LogP contribution in [0.1, 0.15) is 10.4 Å². The van der Waals surface area contributed by atoms with Crippen molar-refractivity contribution >= 4 is 22.6 Å². The second-order valence-corrected chi connectivity index (χ2v) is 5.80.